The summed E-state index contributed by atoms with van der Waals surface area (Å²) in [6.07, 6.45) is 1.92. The fourth-order valence-corrected chi connectivity index (χ4v) is 1.53. The highest BCUT2D eigenvalue weighted by molar-refractivity contribution is 6.74. The first-order valence-corrected chi connectivity index (χ1v) is 5.30. The van der Waals surface area contributed by atoms with Crippen molar-refractivity contribution >= 4 is 11.6 Å². The van der Waals surface area contributed by atoms with E-state index in [-0.39, 0.29) is 17.6 Å². The van der Waals surface area contributed by atoms with Gasteiger partial charge in [-0.15, -0.1) is 0 Å². The van der Waals surface area contributed by atoms with E-state index in [4.69, 9.17) is 0 Å². The maximum absolute atomic E-state index is 11.1. The summed E-state index contributed by atoms with van der Waals surface area (Å²) in [6.45, 7) is 6.61. The summed E-state index contributed by atoms with van der Waals surface area (Å²) < 4.78 is 0. The zero-order chi connectivity index (χ0) is 13.4. The predicted octanol–water partition coefficient (Wildman–Crippen LogP) is 1.85. The van der Waals surface area contributed by atoms with E-state index in [2.05, 4.69) is 0 Å². The van der Waals surface area contributed by atoms with Gasteiger partial charge in [-0.2, -0.15) is 0 Å². The Bertz CT molecular complexity index is 453. The minimum atomic E-state index is -1.38. The molecule has 92 valence electrons. The molecule has 0 saturated heterocycles. The molecule has 17 heavy (non-hydrogen) atoms. The van der Waals surface area contributed by atoms with Gasteiger partial charge in [0.1, 0.15) is 0 Å². The van der Waals surface area contributed by atoms with Gasteiger partial charge in [0.05, 0.1) is 5.57 Å². The molecule has 1 unspecified atom stereocenters. The van der Waals surface area contributed by atoms with Crippen LogP contribution in [0.4, 0.5) is 0 Å². The first-order valence-electron chi connectivity index (χ1n) is 5.30. The van der Waals surface area contributed by atoms with Crippen LogP contribution in [0.2, 0.25) is 0 Å². The first kappa shape index (κ1) is 13.3. The molecule has 5 nitrogen and oxygen atoms in total. The third kappa shape index (κ3) is 2.33. The molecule has 5 heteroatoms. The van der Waals surface area contributed by atoms with Crippen LogP contribution in [0.15, 0.2) is 22.8 Å². The van der Waals surface area contributed by atoms with Gasteiger partial charge in [0, 0.05) is 23.8 Å². The molecular weight excluding hydrogens is 222 g/mol. The number of nitro groups is 1. The van der Waals surface area contributed by atoms with Crippen LogP contribution in [0.3, 0.4) is 0 Å². The summed E-state index contributed by atoms with van der Waals surface area (Å²) in [4.78, 5) is 32.7. The highest BCUT2D eigenvalue weighted by Crippen LogP contribution is 2.33. The van der Waals surface area contributed by atoms with Crippen LogP contribution in [-0.2, 0) is 9.59 Å². The number of carbonyl (C=O) groups excluding carboxylic acids is 2. The van der Waals surface area contributed by atoms with Gasteiger partial charge in [-0.3, -0.25) is 19.7 Å². The van der Waals surface area contributed by atoms with Gasteiger partial charge in [0.2, 0.25) is 17.1 Å². The largest absolute Gasteiger partial charge is 0.285 e. The second-order valence-corrected chi connectivity index (χ2v) is 4.67. The van der Waals surface area contributed by atoms with Crippen molar-refractivity contribution in [2.24, 2.45) is 0 Å². The van der Waals surface area contributed by atoms with E-state index in [9.17, 15) is 19.7 Å². The van der Waals surface area contributed by atoms with Crippen molar-refractivity contribution in [2.45, 2.75) is 39.7 Å². The second-order valence-electron chi connectivity index (χ2n) is 4.67. The van der Waals surface area contributed by atoms with Crippen LogP contribution in [0, 0.1) is 10.1 Å². The zero-order valence-corrected chi connectivity index (χ0v) is 10.4. The Labute approximate surface area is 99.3 Å². The van der Waals surface area contributed by atoms with Crippen molar-refractivity contribution in [3.63, 3.8) is 0 Å². The molecule has 1 atom stereocenters. The lowest BCUT2D eigenvalue weighted by Gasteiger charge is -2.19. The highest BCUT2D eigenvalue weighted by Gasteiger charge is 2.50. The lowest BCUT2D eigenvalue weighted by molar-refractivity contribution is -0.552. The summed E-state index contributed by atoms with van der Waals surface area (Å²) in [7, 11) is 0. The van der Waals surface area contributed by atoms with Gasteiger partial charge in [-0.05, 0) is 20.8 Å². The first-order chi connectivity index (χ1) is 7.71. The number of rotatable bonds is 4. The second kappa shape index (κ2) is 4.24. The van der Waals surface area contributed by atoms with Gasteiger partial charge in [0.15, 0.2) is 0 Å². The van der Waals surface area contributed by atoms with Gasteiger partial charge in [0.25, 0.3) is 0 Å². The van der Waals surface area contributed by atoms with Gasteiger partial charge < -0.3 is 0 Å². The number of carbonyl (C=O) groups is 2. The van der Waals surface area contributed by atoms with Crippen molar-refractivity contribution in [1.29, 1.82) is 0 Å². The van der Waals surface area contributed by atoms with Crippen molar-refractivity contribution in [1.82, 2.24) is 0 Å². The topological polar surface area (TPSA) is 77.3 Å². The Kier molecular flexibility index (Phi) is 3.31. The minimum Gasteiger partial charge on any atom is -0.285 e. The Morgan fingerprint density at radius 3 is 2.06 bits per heavy atom. The van der Waals surface area contributed by atoms with Crippen LogP contribution in [-0.4, -0.2) is 22.0 Å². The molecule has 0 aliphatic heterocycles. The standard InChI is InChI=1S/C12H15NO4/c1-7(2)5-6-12(4,13(16)17)8(3)9-10(14)11(9)15/h5H,6H2,1-4H3. The summed E-state index contributed by atoms with van der Waals surface area (Å²) in [5.41, 5.74) is -0.153. The Balaban J connectivity index is 3.15. The van der Waals surface area contributed by atoms with Crippen molar-refractivity contribution in [3.8, 4) is 0 Å². The number of hydrogen-bond donors (Lipinski definition) is 0. The van der Waals surface area contributed by atoms with Crippen LogP contribution >= 0.6 is 0 Å². The van der Waals surface area contributed by atoms with Gasteiger partial charge in [-0.1, -0.05) is 11.6 Å². The Hall–Kier alpha value is -1.78. The molecule has 1 aliphatic carbocycles. The molecule has 1 aliphatic rings. The Morgan fingerprint density at radius 1 is 1.29 bits per heavy atom. The summed E-state index contributed by atoms with van der Waals surface area (Å²) in [6, 6.07) is 0. The van der Waals surface area contributed by atoms with E-state index in [0.717, 1.165) is 5.57 Å². The normalized spacial score (nSPS) is 17.5. The quantitative estimate of drug-likeness (QED) is 0.187. The molecule has 0 bridgehead atoms. The number of ketones is 2. The lowest BCUT2D eigenvalue weighted by Crippen LogP contribution is -2.36. The van der Waals surface area contributed by atoms with E-state index < -0.39 is 22.0 Å². The molecule has 0 aromatic heterocycles. The van der Waals surface area contributed by atoms with E-state index in [1.807, 2.05) is 13.8 Å². The molecule has 0 amide bonds. The predicted molar refractivity (Wildman–Crippen MR) is 62.2 cm³/mol. The van der Waals surface area contributed by atoms with Crippen molar-refractivity contribution < 1.29 is 14.5 Å². The molecule has 0 radical (unpaired) electrons. The van der Waals surface area contributed by atoms with E-state index in [1.54, 1.807) is 6.08 Å². The molecule has 0 spiro atoms. The molecular formula is C12H15NO4. The molecule has 1 rings (SSSR count). The maximum Gasteiger partial charge on any atom is 0.244 e. The van der Waals surface area contributed by atoms with E-state index >= 15 is 0 Å². The van der Waals surface area contributed by atoms with Crippen molar-refractivity contribution in [2.75, 3.05) is 0 Å². The number of Topliss-reactive ketones (excluding diaryl/α,β-unsaturated/α-hetero) is 2. The van der Waals surface area contributed by atoms with E-state index in [1.165, 1.54) is 13.8 Å². The van der Waals surface area contributed by atoms with Crippen LogP contribution in [0.25, 0.3) is 0 Å². The SMILES string of the molecule is CC(C)=CCC(C)(C(C)=C1C(=O)C1=O)[N+](=O)[O-]. The number of allylic oxidation sites excluding steroid dienone is 2. The molecule has 0 heterocycles. The van der Waals surface area contributed by atoms with Gasteiger partial charge >= 0.3 is 0 Å². The summed E-state index contributed by atoms with van der Waals surface area (Å²) in [5, 5.41) is 11.1. The van der Waals surface area contributed by atoms with Crippen molar-refractivity contribution in [3.05, 3.63) is 32.9 Å². The zero-order valence-electron chi connectivity index (χ0n) is 10.4. The number of hydrogen-bond acceptors (Lipinski definition) is 4. The highest BCUT2D eigenvalue weighted by atomic mass is 16.6. The third-order valence-corrected chi connectivity index (χ3v) is 3.09. The third-order valence-electron chi connectivity index (χ3n) is 3.09. The monoisotopic (exact) mass is 237 g/mol. The van der Waals surface area contributed by atoms with Crippen LogP contribution in [0.1, 0.15) is 34.1 Å². The molecule has 0 aromatic carbocycles. The fourth-order valence-electron chi connectivity index (χ4n) is 1.53. The molecule has 0 N–H and O–H groups in total. The van der Waals surface area contributed by atoms with E-state index in [0.29, 0.717) is 0 Å². The summed E-state index contributed by atoms with van der Waals surface area (Å²) >= 11 is 0. The number of nitrogens with zero attached hydrogens (tertiary/aromatic N) is 1. The lowest BCUT2D eigenvalue weighted by atomic mass is 9.88. The van der Waals surface area contributed by atoms with Crippen LogP contribution in [0.5, 0.6) is 0 Å². The fraction of sp³-hybridized carbons (Fsp3) is 0.500. The smallest absolute Gasteiger partial charge is 0.244 e. The Morgan fingerprint density at radius 2 is 1.76 bits per heavy atom. The average Bonchev–Trinajstić information content (AvgIpc) is 2.82. The molecule has 1 saturated carbocycles. The average molecular weight is 237 g/mol. The maximum atomic E-state index is 11.1. The van der Waals surface area contributed by atoms with Gasteiger partial charge in [-0.25, -0.2) is 0 Å². The molecule has 0 aromatic rings. The molecule has 1 fully saturated rings. The minimum absolute atomic E-state index is 0.00589. The van der Waals surface area contributed by atoms with Crippen LogP contribution < -0.4 is 0 Å². The summed E-state index contributed by atoms with van der Waals surface area (Å²) in [5.74, 6) is -1.18.